The fraction of sp³-hybridized carbons (Fsp3) is 0.474. The van der Waals surface area contributed by atoms with Crippen LogP contribution in [0.5, 0.6) is 0 Å². The molecule has 1 aliphatic rings. The molecule has 0 aliphatic carbocycles. The first kappa shape index (κ1) is 19.4. The van der Waals surface area contributed by atoms with Crippen molar-refractivity contribution in [2.75, 3.05) is 36.8 Å². The molecule has 1 heterocycles. The van der Waals surface area contributed by atoms with E-state index in [2.05, 4.69) is 22.9 Å². The molecule has 1 fully saturated rings. The second kappa shape index (κ2) is 9.51. The molecule has 0 bridgehead atoms. The minimum atomic E-state index is -0.0141. The predicted molar refractivity (Wildman–Crippen MR) is 105 cm³/mol. The average Bonchev–Trinajstić information content (AvgIpc) is 3.08. The van der Waals surface area contributed by atoms with E-state index in [1.165, 1.54) is 0 Å². The van der Waals surface area contributed by atoms with E-state index in [1.54, 1.807) is 18.0 Å². The molecule has 2 rings (SSSR count). The Hall–Kier alpha value is -1.95. The second-order valence-electron chi connectivity index (χ2n) is 6.03. The highest BCUT2D eigenvalue weighted by molar-refractivity contribution is 7.99. The molecule has 1 N–H and O–H groups in total. The van der Waals surface area contributed by atoms with Crippen LogP contribution in [-0.4, -0.2) is 53.9 Å². The fourth-order valence-corrected chi connectivity index (χ4v) is 4.02. The van der Waals surface area contributed by atoms with Crippen LogP contribution in [0.25, 0.3) is 0 Å². The third-order valence-electron chi connectivity index (χ3n) is 4.25. The zero-order chi connectivity index (χ0) is 18.2. The molecular weight excluding hydrogens is 334 g/mol. The van der Waals surface area contributed by atoms with E-state index in [0.29, 0.717) is 17.4 Å². The lowest BCUT2D eigenvalue weighted by atomic mass is 10.1. The van der Waals surface area contributed by atoms with Crippen LogP contribution < -0.4 is 10.2 Å². The Labute approximate surface area is 154 Å². The van der Waals surface area contributed by atoms with Crippen LogP contribution in [0.1, 0.15) is 30.6 Å². The molecule has 0 aromatic heterocycles. The largest absolute Gasteiger partial charge is 0.370 e. The molecule has 25 heavy (non-hydrogen) atoms. The predicted octanol–water partition coefficient (Wildman–Crippen LogP) is 2.74. The van der Waals surface area contributed by atoms with Gasteiger partial charge in [-0.25, -0.2) is 0 Å². The minimum absolute atomic E-state index is 0.0141. The summed E-state index contributed by atoms with van der Waals surface area (Å²) in [5.74, 6) is 0.942. The third-order valence-corrected chi connectivity index (χ3v) is 5.55. The maximum atomic E-state index is 12.5. The highest BCUT2D eigenvalue weighted by Gasteiger charge is 2.23. The average molecular weight is 362 g/mol. The summed E-state index contributed by atoms with van der Waals surface area (Å²) in [5, 5.41) is 3.39. The van der Waals surface area contributed by atoms with Crippen molar-refractivity contribution in [2.24, 2.45) is 0 Å². The standard InChI is InChI=1S/C19H27N3O2S/c1-4-21(5-2)19(24)16-7-6-8-17(13-16)22-11-9-18(14-22)25-12-10-20-15(3)23/h4,6-8,13,18H,1,5,9-12,14H2,2-3H3,(H,20,23). The molecule has 1 unspecified atom stereocenters. The van der Waals surface area contributed by atoms with Gasteiger partial charge in [-0.2, -0.15) is 11.8 Å². The first-order chi connectivity index (χ1) is 12.0. The molecule has 0 radical (unpaired) electrons. The highest BCUT2D eigenvalue weighted by Crippen LogP contribution is 2.27. The first-order valence-electron chi connectivity index (χ1n) is 8.69. The number of anilines is 1. The zero-order valence-corrected chi connectivity index (χ0v) is 15.8. The maximum absolute atomic E-state index is 12.5. The summed E-state index contributed by atoms with van der Waals surface area (Å²) < 4.78 is 0. The molecular formula is C19H27N3O2S. The van der Waals surface area contributed by atoms with Gasteiger partial charge in [-0.05, 0) is 37.7 Å². The summed E-state index contributed by atoms with van der Waals surface area (Å²) in [6.45, 7) is 10.5. The number of amides is 2. The Morgan fingerprint density at radius 2 is 2.28 bits per heavy atom. The van der Waals surface area contributed by atoms with Gasteiger partial charge in [-0.1, -0.05) is 12.6 Å². The van der Waals surface area contributed by atoms with Crippen LogP contribution in [-0.2, 0) is 4.79 Å². The molecule has 6 heteroatoms. The van der Waals surface area contributed by atoms with Crippen molar-refractivity contribution in [2.45, 2.75) is 25.5 Å². The van der Waals surface area contributed by atoms with Crippen molar-refractivity contribution in [3.8, 4) is 0 Å². The van der Waals surface area contributed by atoms with Crippen LogP contribution in [0, 0.1) is 0 Å². The van der Waals surface area contributed by atoms with E-state index in [9.17, 15) is 9.59 Å². The smallest absolute Gasteiger partial charge is 0.257 e. The van der Waals surface area contributed by atoms with Crippen LogP contribution in [0.4, 0.5) is 5.69 Å². The van der Waals surface area contributed by atoms with Crippen LogP contribution >= 0.6 is 11.8 Å². The van der Waals surface area contributed by atoms with Crippen molar-refractivity contribution < 1.29 is 9.59 Å². The van der Waals surface area contributed by atoms with Gasteiger partial charge in [-0.3, -0.25) is 9.59 Å². The molecule has 1 aromatic carbocycles. The third kappa shape index (κ3) is 5.53. The number of rotatable bonds is 8. The van der Waals surface area contributed by atoms with Gasteiger partial charge in [0.05, 0.1) is 0 Å². The number of carbonyl (C=O) groups excluding carboxylic acids is 2. The van der Waals surface area contributed by atoms with Crippen molar-refractivity contribution in [1.82, 2.24) is 10.2 Å². The number of carbonyl (C=O) groups is 2. The topological polar surface area (TPSA) is 52.7 Å². The number of benzene rings is 1. The summed E-state index contributed by atoms with van der Waals surface area (Å²) >= 11 is 1.90. The number of nitrogens with zero attached hydrogens (tertiary/aromatic N) is 2. The van der Waals surface area contributed by atoms with Crippen LogP contribution in [0.2, 0.25) is 0 Å². The molecule has 0 spiro atoms. The molecule has 136 valence electrons. The normalized spacial score (nSPS) is 16.6. The Bertz CT molecular complexity index is 620. The molecule has 2 amide bonds. The lowest BCUT2D eigenvalue weighted by Gasteiger charge is -2.21. The molecule has 1 aromatic rings. The summed E-state index contributed by atoms with van der Waals surface area (Å²) in [6, 6.07) is 7.83. The van der Waals surface area contributed by atoms with Gasteiger partial charge in [0.25, 0.3) is 5.91 Å². The van der Waals surface area contributed by atoms with Crippen molar-refractivity contribution in [3.63, 3.8) is 0 Å². The number of thioether (sulfide) groups is 1. The lowest BCUT2D eigenvalue weighted by Crippen LogP contribution is -2.26. The molecule has 0 saturated carbocycles. The van der Waals surface area contributed by atoms with E-state index in [-0.39, 0.29) is 11.8 Å². The number of hydrogen-bond donors (Lipinski definition) is 1. The molecule has 1 aliphatic heterocycles. The molecule has 1 saturated heterocycles. The first-order valence-corrected chi connectivity index (χ1v) is 9.74. The summed E-state index contributed by atoms with van der Waals surface area (Å²) in [4.78, 5) is 27.3. The Kier molecular flexibility index (Phi) is 7.37. The second-order valence-corrected chi connectivity index (χ2v) is 7.44. The highest BCUT2D eigenvalue weighted by atomic mass is 32.2. The molecule has 5 nitrogen and oxygen atoms in total. The summed E-state index contributed by atoms with van der Waals surface area (Å²) in [7, 11) is 0. The fourth-order valence-electron chi connectivity index (χ4n) is 2.91. The van der Waals surface area contributed by atoms with Crippen molar-refractivity contribution in [3.05, 3.63) is 42.6 Å². The van der Waals surface area contributed by atoms with E-state index < -0.39 is 0 Å². The SMILES string of the molecule is C=CN(CC)C(=O)c1cccc(N2CCC(SCCNC(C)=O)C2)c1. The monoisotopic (exact) mass is 361 g/mol. The Balaban J connectivity index is 1.92. The van der Waals surface area contributed by atoms with E-state index in [4.69, 9.17) is 0 Å². The van der Waals surface area contributed by atoms with E-state index in [0.717, 1.165) is 37.5 Å². The quantitative estimate of drug-likeness (QED) is 0.724. The minimum Gasteiger partial charge on any atom is -0.370 e. The number of hydrogen-bond acceptors (Lipinski definition) is 4. The maximum Gasteiger partial charge on any atom is 0.257 e. The van der Waals surface area contributed by atoms with Crippen molar-refractivity contribution in [1.29, 1.82) is 0 Å². The van der Waals surface area contributed by atoms with Crippen LogP contribution in [0.3, 0.4) is 0 Å². The van der Waals surface area contributed by atoms with Gasteiger partial charge in [0.1, 0.15) is 0 Å². The van der Waals surface area contributed by atoms with Crippen LogP contribution in [0.15, 0.2) is 37.0 Å². The van der Waals surface area contributed by atoms with E-state index in [1.807, 2.05) is 36.9 Å². The summed E-state index contributed by atoms with van der Waals surface area (Å²) in [6.07, 6.45) is 2.70. The van der Waals surface area contributed by atoms with Gasteiger partial charge in [-0.15, -0.1) is 0 Å². The van der Waals surface area contributed by atoms with Gasteiger partial charge in [0.2, 0.25) is 5.91 Å². The Morgan fingerprint density at radius 1 is 1.48 bits per heavy atom. The summed E-state index contributed by atoms with van der Waals surface area (Å²) in [5.41, 5.74) is 1.79. The zero-order valence-electron chi connectivity index (χ0n) is 15.0. The van der Waals surface area contributed by atoms with Gasteiger partial charge in [0, 0.05) is 55.4 Å². The van der Waals surface area contributed by atoms with Gasteiger partial charge in [0.15, 0.2) is 0 Å². The van der Waals surface area contributed by atoms with Crippen molar-refractivity contribution >= 4 is 29.3 Å². The Morgan fingerprint density at radius 3 is 2.96 bits per heavy atom. The van der Waals surface area contributed by atoms with E-state index >= 15 is 0 Å². The molecule has 1 atom stereocenters. The lowest BCUT2D eigenvalue weighted by molar-refractivity contribution is -0.118. The van der Waals surface area contributed by atoms with Gasteiger partial charge >= 0.3 is 0 Å². The van der Waals surface area contributed by atoms with Gasteiger partial charge < -0.3 is 15.1 Å². The number of nitrogens with one attached hydrogen (secondary N) is 1.